The van der Waals surface area contributed by atoms with E-state index in [1.165, 1.54) is 12.2 Å². The van der Waals surface area contributed by atoms with E-state index < -0.39 is 36.6 Å². The molecule has 0 rings (SSSR count). The Kier molecular flexibility index (Phi) is 4.08. The van der Waals surface area contributed by atoms with Crippen LogP contribution in [0, 0.1) is 0 Å². The smallest absolute Gasteiger partial charge is 0.405 e. The number of hydrogen-bond acceptors (Lipinski definition) is 3. The van der Waals surface area contributed by atoms with Gasteiger partial charge in [-0.3, -0.25) is 4.79 Å². The fraction of sp³-hybridized carbons (Fsp3) is 0.714. The molecule has 0 heterocycles. The number of nitrogens with one attached hydrogen (secondary N) is 1. The molecule has 88 valence electrons. The third kappa shape index (κ3) is 3.74. The maximum Gasteiger partial charge on any atom is 0.405 e. The summed E-state index contributed by atoms with van der Waals surface area (Å²) in [5.41, 5.74) is -2.81. The van der Waals surface area contributed by atoms with Crippen molar-refractivity contribution in [2.24, 2.45) is 0 Å². The molecule has 1 amide bonds. The Bertz CT molecular complexity index is 265. The van der Waals surface area contributed by atoms with Gasteiger partial charge in [-0.2, -0.15) is 13.2 Å². The van der Waals surface area contributed by atoms with Crippen molar-refractivity contribution >= 4 is 11.9 Å². The van der Waals surface area contributed by atoms with Crippen molar-refractivity contribution in [1.82, 2.24) is 5.32 Å². The monoisotopic (exact) mass is 229 g/mol. The van der Waals surface area contributed by atoms with E-state index in [1.54, 1.807) is 0 Å². The summed E-state index contributed by atoms with van der Waals surface area (Å²) < 4.78 is 35.0. The number of amides is 1. The summed E-state index contributed by atoms with van der Waals surface area (Å²) in [6, 6.07) is 0. The predicted octanol–water partition coefficient (Wildman–Crippen LogP) is -0.109. The predicted molar refractivity (Wildman–Crippen MR) is 41.9 cm³/mol. The van der Waals surface area contributed by atoms with E-state index in [1.807, 2.05) is 0 Å². The summed E-state index contributed by atoms with van der Waals surface area (Å²) >= 11 is 0. The molecule has 0 bridgehead atoms. The van der Waals surface area contributed by atoms with Gasteiger partial charge >= 0.3 is 12.1 Å². The standard InChI is InChI=1S/C7H10F3NO4/c1-2-6(15,5(13)14)4(12)11-3-7(8,9)10/h15H,2-3H2,1H3,(H,11,12)(H,13,14)/t6-/m0/s1. The molecule has 0 saturated heterocycles. The van der Waals surface area contributed by atoms with Crippen LogP contribution in [0.1, 0.15) is 13.3 Å². The van der Waals surface area contributed by atoms with E-state index in [9.17, 15) is 27.9 Å². The molecule has 1 atom stereocenters. The zero-order valence-corrected chi connectivity index (χ0v) is 7.76. The van der Waals surface area contributed by atoms with Crippen molar-refractivity contribution in [2.45, 2.75) is 25.1 Å². The average Bonchev–Trinajstić information content (AvgIpc) is 2.11. The highest BCUT2D eigenvalue weighted by atomic mass is 19.4. The number of carboxylic acid groups (broad SMARTS) is 1. The summed E-state index contributed by atoms with van der Waals surface area (Å²) in [7, 11) is 0. The van der Waals surface area contributed by atoms with Crippen LogP contribution in [-0.4, -0.2) is 40.4 Å². The van der Waals surface area contributed by atoms with Crippen molar-refractivity contribution < 1.29 is 33.0 Å². The van der Waals surface area contributed by atoms with Gasteiger partial charge in [0.1, 0.15) is 6.54 Å². The normalized spacial score (nSPS) is 15.5. The molecule has 15 heavy (non-hydrogen) atoms. The van der Waals surface area contributed by atoms with Crippen molar-refractivity contribution in [2.75, 3.05) is 6.54 Å². The topological polar surface area (TPSA) is 86.6 Å². The van der Waals surface area contributed by atoms with Gasteiger partial charge in [-0.15, -0.1) is 0 Å². The summed E-state index contributed by atoms with van der Waals surface area (Å²) in [6.45, 7) is -0.511. The van der Waals surface area contributed by atoms with Crippen LogP contribution in [0.3, 0.4) is 0 Å². The summed E-state index contributed by atoms with van der Waals surface area (Å²) in [5, 5.41) is 18.9. The van der Waals surface area contributed by atoms with E-state index in [4.69, 9.17) is 5.11 Å². The van der Waals surface area contributed by atoms with Crippen LogP contribution in [0.25, 0.3) is 0 Å². The fourth-order valence-corrected chi connectivity index (χ4v) is 0.736. The highest BCUT2D eigenvalue weighted by Crippen LogP contribution is 2.14. The number of aliphatic carboxylic acids is 1. The Morgan fingerprint density at radius 2 is 1.80 bits per heavy atom. The molecule has 5 nitrogen and oxygen atoms in total. The molecule has 0 aromatic rings. The second kappa shape index (κ2) is 4.47. The van der Waals surface area contributed by atoms with E-state index in [2.05, 4.69) is 0 Å². The van der Waals surface area contributed by atoms with Crippen LogP contribution in [0.5, 0.6) is 0 Å². The quantitative estimate of drug-likeness (QED) is 0.587. The van der Waals surface area contributed by atoms with Gasteiger partial charge in [-0.1, -0.05) is 6.92 Å². The fourth-order valence-electron chi connectivity index (χ4n) is 0.736. The van der Waals surface area contributed by atoms with E-state index in [-0.39, 0.29) is 0 Å². The Morgan fingerprint density at radius 1 is 1.33 bits per heavy atom. The SMILES string of the molecule is CC[C@@](O)(C(=O)O)C(=O)NCC(F)(F)F. The first-order valence-electron chi connectivity index (χ1n) is 3.94. The third-order valence-corrected chi connectivity index (χ3v) is 1.69. The zero-order valence-electron chi connectivity index (χ0n) is 7.76. The van der Waals surface area contributed by atoms with Crippen molar-refractivity contribution in [3.63, 3.8) is 0 Å². The van der Waals surface area contributed by atoms with E-state index in [0.717, 1.165) is 0 Å². The van der Waals surface area contributed by atoms with E-state index in [0.29, 0.717) is 0 Å². The molecular formula is C7H10F3NO4. The molecule has 8 heteroatoms. The minimum absolute atomic E-state index is 0.522. The largest absolute Gasteiger partial charge is 0.479 e. The van der Waals surface area contributed by atoms with Crippen molar-refractivity contribution in [3.05, 3.63) is 0 Å². The first kappa shape index (κ1) is 13.7. The van der Waals surface area contributed by atoms with Crippen molar-refractivity contribution in [1.29, 1.82) is 0 Å². The van der Waals surface area contributed by atoms with Crippen LogP contribution in [0.2, 0.25) is 0 Å². The first-order chi connectivity index (χ1) is 6.63. The Balaban J connectivity index is 4.50. The molecule has 0 radical (unpaired) electrons. The van der Waals surface area contributed by atoms with Gasteiger partial charge in [-0.05, 0) is 6.42 Å². The van der Waals surface area contributed by atoms with Crippen LogP contribution < -0.4 is 5.32 Å². The summed E-state index contributed by atoms with van der Waals surface area (Å²) in [5.74, 6) is -3.46. The summed E-state index contributed by atoms with van der Waals surface area (Å²) in [6.07, 6.45) is -5.17. The van der Waals surface area contributed by atoms with Crippen LogP contribution in [0.4, 0.5) is 13.2 Å². The van der Waals surface area contributed by atoms with Crippen molar-refractivity contribution in [3.8, 4) is 0 Å². The number of carbonyl (C=O) groups is 2. The highest BCUT2D eigenvalue weighted by Gasteiger charge is 2.43. The number of rotatable bonds is 4. The first-order valence-corrected chi connectivity index (χ1v) is 3.94. The molecule has 0 aliphatic carbocycles. The number of aliphatic hydroxyl groups is 1. The molecule has 0 fully saturated rings. The van der Waals surface area contributed by atoms with Crippen LogP contribution >= 0.6 is 0 Å². The van der Waals surface area contributed by atoms with E-state index >= 15 is 0 Å². The molecule has 0 aromatic heterocycles. The maximum atomic E-state index is 11.7. The van der Waals surface area contributed by atoms with Crippen LogP contribution in [-0.2, 0) is 9.59 Å². The highest BCUT2D eigenvalue weighted by molar-refractivity contribution is 6.04. The lowest BCUT2D eigenvalue weighted by atomic mass is 10.0. The zero-order chi connectivity index (χ0) is 12.3. The van der Waals surface area contributed by atoms with Gasteiger partial charge in [-0.25, -0.2) is 4.79 Å². The minimum Gasteiger partial charge on any atom is -0.479 e. The Hall–Kier alpha value is -1.31. The molecule has 0 aromatic carbocycles. The minimum atomic E-state index is -4.65. The number of halogens is 3. The Morgan fingerprint density at radius 3 is 2.07 bits per heavy atom. The molecule has 0 aliphatic rings. The number of hydrogen-bond donors (Lipinski definition) is 3. The molecule has 0 spiro atoms. The van der Waals surface area contributed by atoms with Gasteiger partial charge < -0.3 is 15.5 Å². The van der Waals surface area contributed by atoms with Gasteiger partial charge in [0.05, 0.1) is 0 Å². The average molecular weight is 229 g/mol. The third-order valence-electron chi connectivity index (χ3n) is 1.69. The second-order valence-electron chi connectivity index (χ2n) is 2.82. The van der Waals surface area contributed by atoms with Gasteiger partial charge in [0, 0.05) is 0 Å². The lowest BCUT2D eigenvalue weighted by Gasteiger charge is -2.20. The van der Waals surface area contributed by atoms with Gasteiger partial charge in [0.15, 0.2) is 0 Å². The van der Waals surface area contributed by atoms with Gasteiger partial charge in [0.25, 0.3) is 5.91 Å². The molecule has 3 N–H and O–H groups in total. The summed E-state index contributed by atoms with van der Waals surface area (Å²) in [4.78, 5) is 21.4. The number of alkyl halides is 3. The number of carbonyl (C=O) groups excluding carboxylic acids is 1. The van der Waals surface area contributed by atoms with Crippen LogP contribution in [0.15, 0.2) is 0 Å². The molecule has 0 saturated carbocycles. The molecular weight excluding hydrogens is 219 g/mol. The second-order valence-corrected chi connectivity index (χ2v) is 2.82. The number of carboxylic acids is 1. The molecule has 0 aliphatic heterocycles. The Labute approximate surface area is 82.9 Å². The maximum absolute atomic E-state index is 11.7. The lowest BCUT2D eigenvalue weighted by Crippen LogP contribution is -2.53. The van der Waals surface area contributed by atoms with Gasteiger partial charge in [0.2, 0.25) is 5.60 Å². The molecule has 0 unspecified atom stereocenters. The lowest BCUT2D eigenvalue weighted by molar-refractivity contribution is -0.169.